The normalized spacial score (nSPS) is 11.8. The molecule has 0 aliphatic carbocycles. The van der Waals surface area contributed by atoms with Gasteiger partial charge in [-0.25, -0.2) is 18.4 Å². The van der Waals surface area contributed by atoms with Crippen LogP contribution in [0.3, 0.4) is 0 Å². The molecule has 0 aliphatic heterocycles. The molecule has 1 aromatic heterocycles. The number of nitrogens with two attached hydrogens (primary N) is 1. The van der Waals surface area contributed by atoms with Gasteiger partial charge in [0.25, 0.3) is 0 Å². The topological polar surface area (TPSA) is 91.4 Å². The molecule has 0 fully saturated rings. The number of hydrogen-bond acceptors (Lipinski definition) is 4. The summed E-state index contributed by atoms with van der Waals surface area (Å²) in [5, 5.41) is 4.97. The Morgan fingerprint density at radius 1 is 1.53 bits per heavy atom. The average molecular weight is 260 g/mol. The molecule has 6 nitrogen and oxygen atoms in total. The van der Waals surface area contributed by atoms with E-state index < -0.39 is 16.0 Å². The molecular formula is C10H16N2O4S. The van der Waals surface area contributed by atoms with Crippen LogP contribution in [0.25, 0.3) is 0 Å². The van der Waals surface area contributed by atoms with Gasteiger partial charge in [-0.15, -0.1) is 0 Å². The van der Waals surface area contributed by atoms with Crippen molar-refractivity contribution < 1.29 is 17.9 Å². The molecule has 7 heteroatoms. The highest BCUT2D eigenvalue weighted by Gasteiger charge is 2.18. The number of nitrogens with zero attached hydrogens (tertiary/aromatic N) is 1. The zero-order chi connectivity index (χ0) is 13.2. The maximum absolute atomic E-state index is 11.6. The van der Waals surface area contributed by atoms with E-state index in [0.29, 0.717) is 0 Å². The van der Waals surface area contributed by atoms with Crippen LogP contribution in [0.5, 0.6) is 0 Å². The Hall–Kier alpha value is -1.34. The second-order valence-corrected chi connectivity index (χ2v) is 5.77. The summed E-state index contributed by atoms with van der Waals surface area (Å²) in [5.41, 5.74) is 0.162. The first-order chi connectivity index (χ1) is 7.71. The fourth-order valence-corrected chi connectivity index (χ4v) is 1.79. The second kappa shape index (κ2) is 4.89. The molecule has 0 radical (unpaired) electrons. The van der Waals surface area contributed by atoms with Crippen LogP contribution in [0.2, 0.25) is 0 Å². The van der Waals surface area contributed by atoms with Crippen molar-refractivity contribution in [3.05, 3.63) is 18.0 Å². The monoisotopic (exact) mass is 260 g/mol. The summed E-state index contributed by atoms with van der Waals surface area (Å²) in [6.07, 6.45) is 1.28. The zero-order valence-corrected chi connectivity index (χ0v) is 10.8. The molecule has 0 saturated carbocycles. The van der Waals surface area contributed by atoms with Gasteiger partial charge >= 0.3 is 5.97 Å². The van der Waals surface area contributed by atoms with Gasteiger partial charge in [-0.3, -0.25) is 0 Å². The Labute approximate surface area is 100 Å². The Morgan fingerprint density at radius 2 is 2.12 bits per heavy atom. The summed E-state index contributed by atoms with van der Waals surface area (Å²) in [5.74, 6) is -0.340. The van der Waals surface area contributed by atoms with Gasteiger partial charge in [0.1, 0.15) is 10.6 Å². The van der Waals surface area contributed by atoms with Crippen LogP contribution in [0.15, 0.2) is 17.2 Å². The molecule has 1 heterocycles. The maximum Gasteiger partial charge on any atom is 0.354 e. The lowest BCUT2D eigenvalue weighted by Gasteiger charge is -2.07. The summed E-state index contributed by atoms with van der Waals surface area (Å²) in [6, 6.07) is 1.21. The number of aryl methyl sites for hydroxylation is 1. The number of aromatic nitrogens is 1. The number of primary sulfonamides is 1. The van der Waals surface area contributed by atoms with Crippen LogP contribution in [-0.2, 0) is 21.8 Å². The van der Waals surface area contributed by atoms with E-state index in [1.54, 1.807) is 7.05 Å². The Balaban J connectivity index is 2.92. The molecular weight excluding hydrogens is 244 g/mol. The van der Waals surface area contributed by atoms with Gasteiger partial charge < -0.3 is 9.30 Å². The summed E-state index contributed by atoms with van der Waals surface area (Å²) < 4.78 is 28.6. The minimum atomic E-state index is -3.80. The molecule has 1 aromatic rings. The van der Waals surface area contributed by atoms with E-state index in [9.17, 15) is 13.2 Å². The van der Waals surface area contributed by atoms with E-state index in [1.165, 1.54) is 16.8 Å². The molecule has 0 amide bonds. The number of carbonyl (C=O) groups excluding carboxylic acids is 1. The molecule has 0 bridgehead atoms. The van der Waals surface area contributed by atoms with E-state index in [-0.39, 0.29) is 23.1 Å². The van der Waals surface area contributed by atoms with Crippen molar-refractivity contribution in [2.45, 2.75) is 18.7 Å². The molecule has 0 atom stereocenters. The molecule has 0 aromatic carbocycles. The van der Waals surface area contributed by atoms with Crippen LogP contribution >= 0.6 is 0 Å². The first kappa shape index (κ1) is 13.7. The van der Waals surface area contributed by atoms with Gasteiger partial charge in [-0.2, -0.15) is 0 Å². The van der Waals surface area contributed by atoms with Crippen molar-refractivity contribution in [3.63, 3.8) is 0 Å². The van der Waals surface area contributed by atoms with Crippen molar-refractivity contribution in [1.82, 2.24) is 4.57 Å². The number of sulfonamides is 1. The molecule has 0 aliphatic rings. The van der Waals surface area contributed by atoms with Gasteiger partial charge in [0.15, 0.2) is 0 Å². The van der Waals surface area contributed by atoms with Gasteiger partial charge in [0, 0.05) is 13.2 Å². The minimum absolute atomic E-state index is 0.100. The summed E-state index contributed by atoms with van der Waals surface area (Å²) >= 11 is 0. The van der Waals surface area contributed by atoms with Crippen LogP contribution in [0.4, 0.5) is 0 Å². The van der Waals surface area contributed by atoms with Crippen molar-refractivity contribution in [3.8, 4) is 0 Å². The van der Waals surface area contributed by atoms with E-state index in [4.69, 9.17) is 9.88 Å². The van der Waals surface area contributed by atoms with Gasteiger partial charge in [-0.05, 0) is 12.0 Å². The number of rotatable bonds is 4. The van der Waals surface area contributed by atoms with Crippen molar-refractivity contribution in [2.75, 3.05) is 6.61 Å². The molecule has 2 N–H and O–H groups in total. The first-order valence-electron chi connectivity index (χ1n) is 5.08. The van der Waals surface area contributed by atoms with Crippen LogP contribution in [0.1, 0.15) is 24.3 Å². The average Bonchev–Trinajstić information content (AvgIpc) is 2.56. The third-order valence-electron chi connectivity index (χ3n) is 2.07. The van der Waals surface area contributed by atoms with Crippen molar-refractivity contribution in [2.24, 2.45) is 18.1 Å². The molecule has 17 heavy (non-hydrogen) atoms. The van der Waals surface area contributed by atoms with Gasteiger partial charge in [-0.1, -0.05) is 13.8 Å². The third kappa shape index (κ3) is 3.57. The number of esters is 1. The second-order valence-electron chi connectivity index (χ2n) is 4.21. The highest BCUT2D eigenvalue weighted by molar-refractivity contribution is 7.89. The summed E-state index contributed by atoms with van der Waals surface area (Å²) in [4.78, 5) is 11.5. The standard InChI is InChI=1S/C10H16N2O4S/c1-7(2)6-16-10(13)9-4-8(5-12(9)3)17(11,14)15/h4-5,7H,6H2,1-3H3,(H2,11,14,15). The van der Waals surface area contributed by atoms with Crippen LogP contribution < -0.4 is 5.14 Å². The number of hydrogen-bond donors (Lipinski definition) is 1. The van der Waals surface area contributed by atoms with E-state index in [1.807, 2.05) is 13.8 Å². The predicted octanol–water partition coefficient (Wildman–Crippen LogP) is 0.485. The first-order valence-corrected chi connectivity index (χ1v) is 6.62. The van der Waals surface area contributed by atoms with E-state index in [0.717, 1.165) is 0 Å². The van der Waals surface area contributed by atoms with Crippen molar-refractivity contribution in [1.29, 1.82) is 0 Å². The molecule has 0 saturated heterocycles. The lowest BCUT2D eigenvalue weighted by Crippen LogP contribution is -2.13. The third-order valence-corrected chi connectivity index (χ3v) is 2.95. The smallest absolute Gasteiger partial charge is 0.354 e. The van der Waals surface area contributed by atoms with Gasteiger partial charge in [0.05, 0.1) is 6.61 Å². The molecule has 0 unspecified atom stereocenters. The number of ether oxygens (including phenoxy) is 1. The summed E-state index contributed by atoms with van der Waals surface area (Å²) in [6.45, 7) is 4.11. The Kier molecular flexibility index (Phi) is 3.94. The maximum atomic E-state index is 11.6. The lowest BCUT2D eigenvalue weighted by atomic mass is 10.2. The number of carbonyl (C=O) groups is 1. The van der Waals surface area contributed by atoms with E-state index >= 15 is 0 Å². The fourth-order valence-electron chi connectivity index (χ4n) is 1.21. The van der Waals surface area contributed by atoms with Crippen molar-refractivity contribution >= 4 is 16.0 Å². The molecule has 1 rings (SSSR count). The molecule has 0 spiro atoms. The highest BCUT2D eigenvalue weighted by Crippen LogP contribution is 2.13. The van der Waals surface area contributed by atoms with Crippen LogP contribution in [0, 0.1) is 5.92 Å². The minimum Gasteiger partial charge on any atom is -0.461 e. The highest BCUT2D eigenvalue weighted by atomic mass is 32.2. The van der Waals surface area contributed by atoms with Crippen LogP contribution in [-0.4, -0.2) is 25.6 Å². The Bertz CT molecular complexity index is 516. The quantitative estimate of drug-likeness (QED) is 0.797. The molecule has 96 valence electrons. The lowest BCUT2D eigenvalue weighted by molar-refractivity contribution is 0.0448. The van der Waals surface area contributed by atoms with E-state index in [2.05, 4.69) is 0 Å². The largest absolute Gasteiger partial charge is 0.461 e. The SMILES string of the molecule is CC(C)COC(=O)c1cc(S(N)(=O)=O)cn1C. The predicted molar refractivity (Wildman–Crippen MR) is 61.9 cm³/mol. The Morgan fingerprint density at radius 3 is 2.53 bits per heavy atom. The summed E-state index contributed by atoms with van der Waals surface area (Å²) in [7, 11) is -2.24. The zero-order valence-electron chi connectivity index (χ0n) is 10.0. The van der Waals surface area contributed by atoms with Gasteiger partial charge in [0.2, 0.25) is 10.0 Å². The fraction of sp³-hybridized carbons (Fsp3) is 0.500.